The molecule has 0 aliphatic heterocycles. The topological polar surface area (TPSA) is 62.0 Å². The Morgan fingerprint density at radius 2 is 1.50 bits per heavy atom. The van der Waals surface area contributed by atoms with Crippen LogP contribution in [0.5, 0.6) is 0 Å². The monoisotopic (exact) mass is 342 g/mol. The van der Waals surface area contributed by atoms with Gasteiger partial charge in [0, 0.05) is 22.3 Å². The van der Waals surface area contributed by atoms with Crippen molar-refractivity contribution in [3.63, 3.8) is 0 Å². The molecule has 3 aromatic rings. The van der Waals surface area contributed by atoms with Crippen LogP contribution in [-0.4, -0.2) is 13.4 Å². The van der Waals surface area contributed by atoms with E-state index in [0.717, 1.165) is 38.9 Å². The Bertz CT molecular complexity index is 1020. The highest BCUT2D eigenvalue weighted by molar-refractivity contribution is 7.92. The summed E-state index contributed by atoms with van der Waals surface area (Å²) in [5.74, 6) is 0. The van der Waals surface area contributed by atoms with E-state index in [1.165, 1.54) is 0 Å². The maximum absolute atomic E-state index is 13.0. The van der Waals surface area contributed by atoms with Crippen molar-refractivity contribution in [2.24, 2.45) is 0 Å². The van der Waals surface area contributed by atoms with Crippen LogP contribution in [0.15, 0.2) is 35.2 Å². The summed E-state index contributed by atoms with van der Waals surface area (Å²) in [4.78, 5) is 3.62. The van der Waals surface area contributed by atoms with Gasteiger partial charge in [-0.25, -0.2) is 8.42 Å². The van der Waals surface area contributed by atoms with Crippen molar-refractivity contribution in [2.45, 2.75) is 39.5 Å². The number of H-pyrrole nitrogens is 1. The third-order valence-corrected chi connectivity index (χ3v) is 6.23. The zero-order chi connectivity index (χ0) is 17.6. The smallest absolute Gasteiger partial charge is 0.262 e. The van der Waals surface area contributed by atoms with Crippen molar-refractivity contribution in [2.75, 3.05) is 4.72 Å². The molecule has 0 spiro atoms. The largest absolute Gasteiger partial charge is 0.359 e. The quantitative estimate of drug-likeness (QED) is 0.735. The molecule has 2 aromatic carbocycles. The van der Waals surface area contributed by atoms with Crippen LogP contribution in [0.3, 0.4) is 0 Å². The summed E-state index contributed by atoms with van der Waals surface area (Å²) < 4.78 is 28.7. The van der Waals surface area contributed by atoms with Gasteiger partial charge in [0.15, 0.2) is 0 Å². The van der Waals surface area contributed by atoms with E-state index in [-0.39, 0.29) is 0 Å². The third-order valence-electron chi connectivity index (χ3n) is 4.57. The number of aryl methyl sites for hydroxylation is 3. The highest BCUT2D eigenvalue weighted by atomic mass is 32.2. The van der Waals surface area contributed by atoms with Crippen molar-refractivity contribution >= 4 is 26.6 Å². The summed E-state index contributed by atoms with van der Waals surface area (Å²) >= 11 is 0. The second-order valence-corrected chi connectivity index (χ2v) is 8.07. The van der Waals surface area contributed by atoms with Gasteiger partial charge in [-0.2, -0.15) is 0 Å². The van der Waals surface area contributed by atoms with Crippen LogP contribution in [-0.2, 0) is 10.0 Å². The number of fused-ring (bicyclic) bond motifs is 1. The highest BCUT2D eigenvalue weighted by Crippen LogP contribution is 2.28. The van der Waals surface area contributed by atoms with E-state index >= 15 is 0 Å². The molecule has 0 radical (unpaired) electrons. The Kier molecular flexibility index (Phi) is 3.92. The maximum atomic E-state index is 13.0. The molecule has 0 bridgehead atoms. The minimum atomic E-state index is -3.64. The van der Waals surface area contributed by atoms with E-state index in [1.807, 2.05) is 58.9 Å². The van der Waals surface area contributed by atoms with Gasteiger partial charge >= 0.3 is 0 Å². The molecule has 1 aromatic heterocycles. The fraction of sp³-hybridized carbons (Fsp3) is 0.263. The molecule has 0 saturated heterocycles. The Hall–Kier alpha value is -2.27. The summed E-state index contributed by atoms with van der Waals surface area (Å²) in [5, 5.41) is 0.988. The van der Waals surface area contributed by atoms with Crippen LogP contribution in [0.25, 0.3) is 10.9 Å². The van der Waals surface area contributed by atoms with E-state index in [2.05, 4.69) is 9.71 Å². The minimum Gasteiger partial charge on any atom is -0.359 e. The molecule has 0 unspecified atom stereocenters. The fourth-order valence-corrected chi connectivity index (χ4v) is 4.80. The van der Waals surface area contributed by atoms with E-state index in [9.17, 15) is 8.42 Å². The van der Waals surface area contributed by atoms with Gasteiger partial charge in [-0.15, -0.1) is 0 Å². The summed E-state index contributed by atoms with van der Waals surface area (Å²) in [7, 11) is -3.64. The van der Waals surface area contributed by atoms with Crippen LogP contribution >= 0.6 is 0 Å². The van der Waals surface area contributed by atoms with Gasteiger partial charge in [-0.05, 0) is 81.1 Å². The second kappa shape index (κ2) is 5.67. The second-order valence-electron chi connectivity index (χ2n) is 6.45. The predicted molar refractivity (Wildman–Crippen MR) is 99.2 cm³/mol. The first-order valence-corrected chi connectivity index (χ1v) is 9.37. The van der Waals surface area contributed by atoms with Crippen molar-refractivity contribution in [1.29, 1.82) is 0 Å². The van der Waals surface area contributed by atoms with Crippen molar-refractivity contribution in [1.82, 2.24) is 4.98 Å². The summed E-state index contributed by atoms with van der Waals surface area (Å²) in [6.07, 6.45) is 0. The van der Waals surface area contributed by atoms with E-state index in [0.29, 0.717) is 10.6 Å². The van der Waals surface area contributed by atoms with Crippen LogP contribution in [0.1, 0.15) is 27.9 Å². The lowest BCUT2D eigenvalue weighted by molar-refractivity contribution is 0.599. The number of hydrogen-bond acceptors (Lipinski definition) is 2. The molecule has 126 valence electrons. The number of benzene rings is 2. The average molecular weight is 342 g/mol. The molecule has 2 N–H and O–H groups in total. The van der Waals surface area contributed by atoms with Gasteiger partial charge in [0.1, 0.15) is 0 Å². The number of aromatic amines is 1. The molecule has 5 heteroatoms. The van der Waals surface area contributed by atoms with Gasteiger partial charge in [0.25, 0.3) is 10.0 Å². The van der Waals surface area contributed by atoms with Crippen LogP contribution in [0, 0.1) is 34.6 Å². The molecule has 24 heavy (non-hydrogen) atoms. The van der Waals surface area contributed by atoms with Crippen LogP contribution in [0.2, 0.25) is 0 Å². The first-order valence-electron chi connectivity index (χ1n) is 7.88. The molecule has 0 aliphatic rings. The average Bonchev–Trinajstić information content (AvgIpc) is 2.84. The zero-order valence-electron chi connectivity index (χ0n) is 14.6. The van der Waals surface area contributed by atoms with Crippen LogP contribution < -0.4 is 4.72 Å². The molecule has 0 saturated carbocycles. The number of sulfonamides is 1. The summed E-state index contributed by atoms with van der Waals surface area (Å²) in [6, 6.07) is 9.55. The molecule has 0 atom stereocenters. The Morgan fingerprint density at radius 1 is 0.875 bits per heavy atom. The molecule has 4 nitrogen and oxygen atoms in total. The number of nitrogens with one attached hydrogen (secondary N) is 2. The van der Waals surface area contributed by atoms with Crippen LogP contribution in [0.4, 0.5) is 5.69 Å². The first-order chi connectivity index (χ1) is 11.2. The maximum Gasteiger partial charge on any atom is 0.262 e. The normalized spacial score (nSPS) is 11.9. The lowest BCUT2D eigenvalue weighted by atomic mass is 10.0. The lowest BCUT2D eigenvalue weighted by Gasteiger charge is -2.16. The van der Waals surface area contributed by atoms with Gasteiger partial charge in [-0.3, -0.25) is 4.72 Å². The molecule has 3 rings (SSSR count). The SMILES string of the molecule is Cc1cc2cc(NS(=O)(=O)c3c(C)c(C)cc(C)c3C)ccc2[nH]1. The lowest BCUT2D eigenvalue weighted by Crippen LogP contribution is -2.17. The van der Waals surface area contributed by atoms with Gasteiger partial charge in [-0.1, -0.05) is 6.07 Å². The predicted octanol–water partition coefficient (Wildman–Crippen LogP) is 4.51. The van der Waals surface area contributed by atoms with Gasteiger partial charge in [0.2, 0.25) is 0 Å². The standard InChI is InChI=1S/C19H22N2O2S/c1-11-8-12(2)15(5)19(14(11)4)24(22,23)21-17-6-7-18-16(10-17)9-13(3)20-18/h6-10,20-21H,1-5H3. The Balaban J connectivity index is 2.08. The number of aromatic nitrogens is 1. The molecule has 0 fully saturated rings. The third kappa shape index (κ3) is 2.80. The Morgan fingerprint density at radius 3 is 2.12 bits per heavy atom. The molecular weight excluding hydrogens is 320 g/mol. The number of rotatable bonds is 3. The molecular formula is C19H22N2O2S. The van der Waals surface area contributed by atoms with Crippen molar-refractivity contribution in [3.05, 3.63) is 58.3 Å². The molecule has 0 amide bonds. The van der Waals surface area contributed by atoms with Crippen molar-refractivity contribution < 1.29 is 8.42 Å². The van der Waals surface area contributed by atoms with E-state index < -0.39 is 10.0 Å². The summed E-state index contributed by atoms with van der Waals surface area (Å²) in [5.41, 5.74) is 6.17. The van der Waals surface area contributed by atoms with Gasteiger partial charge < -0.3 is 4.98 Å². The minimum absolute atomic E-state index is 0.380. The number of anilines is 1. The van der Waals surface area contributed by atoms with Crippen molar-refractivity contribution in [3.8, 4) is 0 Å². The summed E-state index contributed by atoms with van der Waals surface area (Å²) in [6.45, 7) is 9.57. The number of hydrogen-bond donors (Lipinski definition) is 2. The Labute approximate surface area is 143 Å². The molecule has 0 aliphatic carbocycles. The van der Waals surface area contributed by atoms with E-state index in [1.54, 1.807) is 6.07 Å². The fourth-order valence-electron chi connectivity index (χ4n) is 3.13. The highest BCUT2D eigenvalue weighted by Gasteiger charge is 2.22. The van der Waals surface area contributed by atoms with E-state index in [4.69, 9.17) is 0 Å². The van der Waals surface area contributed by atoms with Gasteiger partial charge in [0.05, 0.1) is 4.90 Å². The first kappa shape index (κ1) is 16.6. The molecule has 1 heterocycles. The zero-order valence-corrected chi connectivity index (χ0v) is 15.4.